The minimum absolute atomic E-state index is 0.165. The summed E-state index contributed by atoms with van der Waals surface area (Å²) in [5.41, 5.74) is 1.75. The molecule has 1 N–H and O–H groups in total. The maximum Gasteiger partial charge on any atom is 0.230 e. The Morgan fingerprint density at radius 1 is 1.56 bits per heavy atom. The van der Waals surface area contributed by atoms with Crippen molar-refractivity contribution in [2.24, 2.45) is 0 Å². The molecule has 0 aromatic carbocycles. The lowest BCUT2D eigenvalue weighted by atomic mass is 9.97. The van der Waals surface area contributed by atoms with E-state index < -0.39 is 0 Å². The molecule has 0 bridgehead atoms. The fraction of sp³-hybridized carbons (Fsp3) is 0.692. The highest BCUT2D eigenvalue weighted by Crippen LogP contribution is 2.25. The van der Waals surface area contributed by atoms with Crippen molar-refractivity contribution in [1.82, 2.24) is 15.4 Å². The smallest absolute Gasteiger partial charge is 0.230 e. The highest BCUT2D eigenvalue weighted by Gasteiger charge is 2.29. The standard InChI is InChI=1S/C13H21N3O2/c1-8-7-16(6-5-14-8)13(17)9(2)12-10(3)15-18-11(12)4/h8-9,14H,5-7H2,1-4H3/t8-,9+/m1/s1. The van der Waals surface area contributed by atoms with Crippen molar-refractivity contribution in [3.63, 3.8) is 0 Å². The van der Waals surface area contributed by atoms with Gasteiger partial charge in [-0.3, -0.25) is 4.79 Å². The van der Waals surface area contributed by atoms with Crippen LogP contribution < -0.4 is 5.32 Å². The van der Waals surface area contributed by atoms with E-state index in [4.69, 9.17) is 4.52 Å². The largest absolute Gasteiger partial charge is 0.361 e. The van der Waals surface area contributed by atoms with E-state index in [1.54, 1.807) is 0 Å². The minimum Gasteiger partial charge on any atom is -0.361 e. The molecule has 2 heterocycles. The first kappa shape index (κ1) is 13.1. The van der Waals surface area contributed by atoms with Crippen molar-refractivity contribution in [2.75, 3.05) is 19.6 Å². The Hall–Kier alpha value is -1.36. The molecule has 1 aliphatic rings. The molecule has 1 fully saturated rings. The van der Waals surface area contributed by atoms with Gasteiger partial charge in [-0.1, -0.05) is 5.16 Å². The van der Waals surface area contributed by atoms with E-state index in [0.29, 0.717) is 6.04 Å². The molecule has 2 rings (SSSR count). The van der Waals surface area contributed by atoms with Crippen molar-refractivity contribution < 1.29 is 9.32 Å². The van der Waals surface area contributed by atoms with Crippen LogP contribution in [0.3, 0.4) is 0 Å². The molecule has 1 saturated heterocycles. The van der Waals surface area contributed by atoms with Gasteiger partial charge in [0.1, 0.15) is 5.76 Å². The van der Waals surface area contributed by atoms with Crippen LogP contribution in [0.4, 0.5) is 0 Å². The van der Waals surface area contributed by atoms with Crippen LogP contribution in [0.15, 0.2) is 4.52 Å². The van der Waals surface area contributed by atoms with Gasteiger partial charge < -0.3 is 14.7 Å². The highest BCUT2D eigenvalue weighted by atomic mass is 16.5. The lowest BCUT2D eigenvalue weighted by Crippen LogP contribution is -2.52. The molecule has 0 saturated carbocycles. The summed E-state index contributed by atoms with van der Waals surface area (Å²) in [6.07, 6.45) is 0. The van der Waals surface area contributed by atoms with Crippen molar-refractivity contribution >= 4 is 5.91 Å². The summed E-state index contributed by atoms with van der Waals surface area (Å²) in [5.74, 6) is 0.732. The number of piperazine rings is 1. The van der Waals surface area contributed by atoms with E-state index in [1.807, 2.05) is 25.7 Å². The Bertz CT molecular complexity index is 422. The molecule has 100 valence electrons. The van der Waals surface area contributed by atoms with E-state index in [9.17, 15) is 4.79 Å². The molecular formula is C13H21N3O2. The first-order chi connectivity index (χ1) is 8.50. The quantitative estimate of drug-likeness (QED) is 0.858. The molecule has 18 heavy (non-hydrogen) atoms. The number of nitrogens with one attached hydrogen (secondary N) is 1. The van der Waals surface area contributed by atoms with E-state index in [1.165, 1.54) is 0 Å². The molecular weight excluding hydrogens is 230 g/mol. The van der Waals surface area contributed by atoms with Crippen molar-refractivity contribution in [3.05, 3.63) is 17.0 Å². The third-order valence-electron chi connectivity index (χ3n) is 3.57. The summed E-state index contributed by atoms with van der Waals surface area (Å²) in [6.45, 7) is 10.2. The van der Waals surface area contributed by atoms with E-state index in [-0.39, 0.29) is 11.8 Å². The van der Waals surface area contributed by atoms with E-state index >= 15 is 0 Å². The lowest BCUT2D eigenvalue weighted by molar-refractivity contribution is -0.133. The summed E-state index contributed by atoms with van der Waals surface area (Å²) in [5, 5.41) is 7.26. The van der Waals surface area contributed by atoms with Gasteiger partial charge in [0.25, 0.3) is 0 Å². The molecule has 1 aromatic rings. The van der Waals surface area contributed by atoms with Crippen LogP contribution >= 0.6 is 0 Å². The number of carbonyl (C=O) groups is 1. The lowest BCUT2D eigenvalue weighted by Gasteiger charge is -2.33. The molecule has 1 aliphatic heterocycles. The zero-order valence-electron chi connectivity index (χ0n) is 11.5. The van der Waals surface area contributed by atoms with Crippen LogP contribution in [0.1, 0.15) is 36.8 Å². The second-order valence-electron chi connectivity index (χ2n) is 5.10. The van der Waals surface area contributed by atoms with Gasteiger partial charge in [-0.05, 0) is 27.7 Å². The SMILES string of the molecule is Cc1noc(C)c1[C@H](C)C(=O)N1CCN[C@H](C)C1. The Kier molecular flexibility index (Phi) is 3.71. The molecule has 0 aliphatic carbocycles. The summed E-state index contributed by atoms with van der Waals surface area (Å²) < 4.78 is 5.14. The maximum atomic E-state index is 12.5. The summed E-state index contributed by atoms with van der Waals surface area (Å²) in [7, 11) is 0. The number of rotatable bonds is 2. The predicted molar refractivity (Wildman–Crippen MR) is 68.4 cm³/mol. The van der Waals surface area contributed by atoms with E-state index in [0.717, 1.165) is 36.7 Å². The monoisotopic (exact) mass is 251 g/mol. The molecule has 0 radical (unpaired) electrons. The van der Waals surface area contributed by atoms with Crippen LogP contribution in [0, 0.1) is 13.8 Å². The Balaban J connectivity index is 2.13. The topological polar surface area (TPSA) is 58.4 Å². The van der Waals surface area contributed by atoms with Gasteiger partial charge in [0.05, 0.1) is 11.6 Å². The zero-order valence-corrected chi connectivity index (χ0v) is 11.5. The van der Waals surface area contributed by atoms with Crippen LogP contribution in [-0.2, 0) is 4.79 Å². The van der Waals surface area contributed by atoms with Crippen molar-refractivity contribution in [2.45, 2.75) is 39.7 Å². The molecule has 5 nitrogen and oxygen atoms in total. The highest BCUT2D eigenvalue weighted by molar-refractivity contribution is 5.84. The average Bonchev–Trinajstić information content (AvgIpc) is 2.67. The first-order valence-electron chi connectivity index (χ1n) is 6.45. The van der Waals surface area contributed by atoms with Crippen LogP contribution in [0.2, 0.25) is 0 Å². The molecule has 5 heteroatoms. The normalized spacial score (nSPS) is 22.0. The number of aromatic nitrogens is 1. The van der Waals surface area contributed by atoms with Gasteiger partial charge in [-0.2, -0.15) is 0 Å². The fourth-order valence-electron chi connectivity index (χ4n) is 2.64. The van der Waals surface area contributed by atoms with E-state index in [2.05, 4.69) is 17.4 Å². The average molecular weight is 251 g/mol. The zero-order chi connectivity index (χ0) is 13.3. The fourth-order valence-corrected chi connectivity index (χ4v) is 2.64. The Morgan fingerprint density at radius 3 is 2.83 bits per heavy atom. The maximum absolute atomic E-state index is 12.5. The number of hydrogen-bond acceptors (Lipinski definition) is 4. The number of carbonyl (C=O) groups excluding carboxylic acids is 1. The van der Waals surface area contributed by atoms with Gasteiger partial charge in [0.15, 0.2) is 0 Å². The molecule has 0 spiro atoms. The van der Waals surface area contributed by atoms with Gasteiger partial charge in [-0.15, -0.1) is 0 Å². The summed E-state index contributed by atoms with van der Waals surface area (Å²) in [6, 6.07) is 0.361. The molecule has 1 aromatic heterocycles. The van der Waals surface area contributed by atoms with Gasteiger partial charge in [0.2, 0.25) is 5.91 Å². The summed E-state index contributed by atoms with van der Waals surface area (Å²) >= 11 is 0. The van der Waals surface area contributed by atoms with Gasteiger partial charge in [0, 0.05) is 31.2 Å². The van der Waals surface area contributed by atoms with Crippen molar-refractivity contribution in [3.8, 4) is 0 Å². The molecule has 0 unspecified atom stereocenters. The van der Waals surface area contributed by atoms with Crippen LogP contribution in [0.25, 0.3) is 0 Å². The Labute approximate surface area is 108 Å². The predicted octanol–water partition coefficient (Wildman–Crippen LogP) is 1.22. The second kappa shape index (κ2) is 5.10. The van der Waals surface area contributed by atoms with Crippen molar-refractivity contribution in [1.29, 1.82) is 0 Å². The van der Waals surface area contributed by atoms with Crippen LogP contribution in [-0.4, -0.2) is 41.6 Å². The number of nitrogens with zero attached hydrogens (tertiary/aromatic N) is 2. The number of amides is 1. The molecule has 1 amide bonds. The van der Waals surface area contributed by atoms with Gasteiger partial charge >= 0.3 is 0 Å². The minimum atomic E-state index is -0.179. The number of hydrogen-bond donors (Lipinski definition) is 1. The first-order valence-corrected chi connectivity index (χ1v) is 6.45. The third-order valence-corrected chi connectivity index (χ3v) is 3.57. The second-order valence-corrected chi connectivity index (χ2v) is 5.10. The molecule has 2 atom stereocenters. The van der Waals surface area contributed by atoms with Gasteiger partial charge in [-0.25, -0.2) is 0 Å². The third kappa shape index (κ3) is 2.41. The summed E-state index contributed by atoms with van der Waals surface area (Å²) in [4.78, 5) is 14.4. The van der Waals surface area contributed by atoms with Crippen LogP contribution in [0.5, 0.6) is 0 Å². The number of aryl methyl sites for hydroxylation is 2. The Morgan fingerprint density at radius 2 is 2.28 bits per heavy atom.